The molecule has 0 aromatic carbocycles. The largest absolute Gasteiger partial charge is 0.515 e. The summed E-state index contributed by atoms with van der Waals surface area (Å²) in [5.74, 6) is -0.874. The molecule has 2 heterocycles. The second kappa shape index (κ2) is 6.00. The van der Waals surface area contributed by atoms with Gasteiger partial charge >= 0.3 is 12.1 Å². The maximum Gasteiger partial charge on any atom is 0.515 e. The summed E-state index contributed by atoms with van der Waals surface area (Å²) in [5, 5.41) is 4.02. The molecule has 0 fully saturated rings. The van der Waals surface area contributed by atoms with E-state index in [0.717, 1.165) is 0 Å². The molecule has 8 nitrogen and oxygen atoms in total. The van der Waals surface area contributed by atoms with Crippen molar-refractivity contribution >= 4 is 17.8 Å². The molecule has 2 aromatic rings. The van der Waals surface area contributed by atoms with Crippen LogP contribution in [0, 0.1) is 0 Å². The molecule has 0 unspecified atom stereocenters. The van der Waals surface area contributed by atoms with E-state index in [1.54, 1.807) is 40.0 Å². The van der Waals surface area contributed by atoms with E-state index < -0.39 is 17.7 Å². The van der Waals surface area contributed by atoms with Gasteiger partial charge in [-0.05, 0) is 33.8 Å². The van der Waals surface area contributed by atoms with Crippen LogP contribution in [0.15, 0.2) is 18.5 Å². The molecule has 118 valence electrons. The van der Waals surface area contributed by atoms with Crippen molar-refractivity contribution < 1.29 is 23.8 Å². The molecule has 0 saturated carbocycles. The van der Waals surface area contributed by atoms with Gasteiger partial charge in [0.15, 0.2) is 11.2 Å². The zero-order valence-electron chi connectivity index (χ0n) is 12.8. The number of carbonyl (C=O) groups excluding carboxylic acids is 2. The lowest BCUT2D eigenvalue weighted by atomic mass is 10.2. The van der Waals surface area contributed by atoms with E-state index >= 15 is 0 Å². The number of carbonyl (C=O) groups is 2. The first-order chi connectivity index (χ1) is 10.3. The third-order valence-corrected chi connectivity index (χ3v) is 2.41. The van der Waals surface area contributed by atoms with E-state index in [4.69, 9.17) is 14.2 Å². The van der Waals surface area contributed by atoms with Gasteiger partial charge < -0.3 is 14.2 Å². The summed E-state index contributed by atoms with van der Waals surface area (Å²) in [6.07, 6.45) is 2.12. The minimum atomic E-state index is -0.957. The van der Waals surface area contributed by atoms with E-state index in [0.29, 0.717) is 0 Å². The molecule has 0 aliphatic rings. The van der Waals surface area contributed by atoms with Crippen molar-refractivity contribution in [2.75, 3.05) is 6.61 Å². The van der Waals surface area contributed by atoms with E-state index in [1.807, 2.05) is 0 Å². The molecule has 2 aromatic heterocycles. The lowest BCUT2D eigenvalue weighted by molar-refractivity contribution is 0.0193. The summed E-state index contributed by atoms with van der Waals surface area (Å²) in [4.78, 5) is 27.9. The van der Waals surface area contributed by atoms with Crippen molar-refractivity contribution in [2.24, 2.45) is 0 Å². The number of hydrogen-bond donors (Lipinski definition) is 0. The van der Waals surface area contributed by atoms with Gasteiger partial charge in [-0.25, -0.2) is 19.1 Å². The predicted octanol–water partition coefficient (Wildman–Crippen LogP) is 2.22. The van der Waals surface area contributed by atoms with Crippen molar-refractivity contribution in [2.45, 2.75) is 33.3 Å². The fraction of sp³-hybridized carbons (Fsp3) is 0.429. The Bertz CT molecular complexity index is 702. The van der Waals surface area contributed by atoms with Gasteiger partial charge in [0.25, 0.3) is 5.88 Å². The van der Waals surface area contributed by atoms with Crippen molar-refractivity contribution in [3.8, 4) is 5.88 Å². The Morgan fingerprint density at radius 3 is 2.68 bits per heavy atom. The van der Waals surface area contributed by atoms with E-state index in [1.165, 1.54) is 10.7 Å². The number of ether oxygens (including phenoxy) is 3. The average molecular weight is 307 g/mol. The standard InChI is InChI=1S/C14H17N3O5/c1-5-20-12(18)9-10-15-7-6-8-17(10)16-11(9)21-13(19)22-14(2,3)4/h6-8H,5H2,1-4H3. The number of nitrogens with zero attached hydrogens (tertiary/aromatic N) is 3. The summed E-state index contributed by atoms with van der Waals surface area (Å²) >= 11 is 0. The van der Waals surface area contributed by atoms with Crippen LogP contribution in [-0.4, -0.2) is 38.9 Å². The molecule has 22 heavy (non-hydrogen) atoms. The van der Waals surface area contributed by atoms with Crippen LogP contribution in [-0.2, 0) is 9.47 Å². The first-order valence-corrected chi connectivity index (χ1v) is 6.73. The number of fused-ring (bicyclic) bond motifs is 1. The molecule has 0 spiro atoms. The quantitative estimate of drug-likeness (QED) is 0.803. The highest BCUT2D eigenvalue weighted by atomic mass is 16.7. The van der Waals surface area contributed by atoms with E-state index in [2.05, 4.69) is 10.1 Å². The molecule has 0 aliphatic heterocycles. The Balaban J connectivity index is 2.38. The molecule has 0 radical (unpaired) electrons. The minimum absolute atomic E-state index is 0.0201. The predicted molar refractivity (Wildman–Crippen MR) is 75.8 cm³/mol. The molecular formula is C14H17N3O5. The van der Waals surface area contributed by atoms with Gasteiger partial charge in [0.05, 0.1) is 6.61 Å². The summed E-state index contributed by atoms with van der Waals surface area (Å²) in [7, 11) is 0. The van der Waals surface area contributed by atoms with Gasteiger partial charge in [0.1, 0.15) is 5.60 Å². The first kappa shape index (κ1) is 15.7. The second-order valence-electron chi connectivity index (χ2n) is 5.35. The molecule has 0 amide bonds. The second-order valence-corrected chi connectivity index (χ2v) is 5.35. The average Bonchev–Trinajstić information content (AvgIpc) is 2.74. The SMILES string of the molecule is CCOC(=O)c1c(OC(=O)OC(C)(C)C)nn2cccnc12. The molecule has 0 aliphatic carbocycles. The van der Waals surface area contributed by atoms with E-state index in [-0.39, 0.29) is 23.7 Å². The monoisotopic (exact) mass is 307 g/mol. The molecule has 2 rings (SSSR count). The van der Waals surface area contributed by atoms with Crippen LogP contribution in [0.25, 0.3) is 5.65 Å². The first-order valence-electron chi connectivity index (χ1n) is 6.73. The van der Waals surface area contributed by atoms with Crippen LogP contribution in [0.3, 0.4) is 0 Å². The van der Waals surface area contributed by atoms with Gasteiger partial charge in [-0.3, -0.25) is 0 Å². The van der Waals surface area contributed by atoms with Crippen LogP contribution < -0.4 is 4.74 Å². The minimum Gasteiger partial charge on any atom is -0.462 e. The summed E-state index contributed by atoms with van der Waals surface area (Å²) in [6, 6.07) is 1.63. The zero-order chi connectivity index (χ0) is 16.3. The number of hydrogen-bond acceptors (Lipinski definition) is 7. The van der Waals surface area contributed by atoms with Gasteiger partial charge in [0, 0.05) is 12.4 Å². The van der Waals surface area contributed by atoms with E-state index in [9.17, 15) is 9.59 Å². The van der Waals surface area contributed by atoms with Crippen molar-refractivity contribution in [1.82, 2.24) is 14.6 Å². The Kier molecular flexibility index (Phi) is 4.30. The number of aromatic nitrogens is 3. The van der Waals surface area contributed by atoms with Crippen molar-refractivity contribution in [3.63, 3.8) is 0 Å². The highest BCUT2D eigenvalue weighted by Gasteiger charge is 2.27. The van der Waals surface area contributed by atoms with Gasteiger partial charge in [0.2, 0.25) is 0 Å². The van der Waals surface area contributed by atoms with Gasteiger partial charge in [-0.15, -0.1) is 5.10 Å². The lowest BCUT2D eigenvalue weighted by Gasteiger charge is -2.18. The third-order valence-electron chi connectivity index (χ3n) is 2.41. The van der Waals surface area contributed by atoms with Crippen LogP contribution in [0.1, 0.15) is 38.1 Å². The molecule has 0 atom stereocenters. The van der Waals surface area contributed by atoms with Crippen LogP contribution in [0.5, 0.6) is 5.88 Å². The molecule has 0 saturated heterocycles. The van der Waals surface area contributed by atoms with Gasteiger partial charge in [-0.2, -0.15) is 0 Å². The van der Waals surface area contributed by atoms with Crippen molar-refractivity contribution in [3.05, 3.63) is 24.0 Å². The summed E-state index contributed by atoms with van der Waals surface area (Å²) < 4.78 is 16.4. The normalized spacial score (nSPS) is 11.3. The Labute approximate surface area is 127 Å². The van der Waals surface area contributed by atoms with Gasteiger partial charge in [-0.1, -0.05) is 0 Å². The Morgan fingerprint density at radius 1 is 1.32 bits per heavy atom. The lowest BCUT2D eigenvalue weighted by Crippen LogP contribution is -2.26. The third kappa shape index (κ3) is 3.51. The van der Waals surface area contributed by atoms with Crippen molar-refractivity contribution in [1.29, 1.82) is 0 Å². The Morgan fingerprint density at radius 2 is 2.05 bits per heavy atom. The number of esters is 1. The fourth-order valence-corrected chi connectivity index (χ4v) is 1.67. The molecule has 8 heteroatoms. The van der Waals surface area contributed by atoms with Crippen LogP contribution in [0.2, 0.25) is 0 Å². The highest BCUT2D eigenvalue weighted by molar-refractivity contribution is 5.99. The number of rotatable bonds is 3. The summed E-state index contributed by atoms with van der Waals surface area (Å²) in [6.45, 7) is 6.95. The topological polar surface area (TPSA) is 92.0 Å². The summed E-state index contributed by atoms with van der Waals surface area (Å²) in [5.41, 5.74) is -0.508. The Hall–Kier alpha value is -2.64. The van der Waals surface area contributed by atoms with Crippen LogP contribution in [0.4, 0.5) is 4.79 Å². The maximum atomic E-state index is 12.1. The molecular weight excluding hydrogens is 290 g/mol. The molecule has 0 N–H and O–H groups in total. The smallest absolute Gasteiger partial charge is 0.462 e. The van der Waals surface area contributed by atoms with Crippen LogP contribution >= 0.6 is 0 Å². The maximum absolute atomic E-state index is 12.1. The molecule has 0 bridgehead atoms. The highest BCUT2D eigenvalue weighted by Crippen LogP contribution is 2.23. The zero-order valence-corrected chi connectivity index (χ0v) is 12.8. The fourth-order valence-electron chi connectivity index (χ4n) is 1.67.